The smallest absolute Gasteiger partial charge is 0.270 e. The van der Waals surface area contributed by atoms with Gasteiger partial charge in [0.15, 0.2) is 0 Å². The molecule has 1 aromatic carbocycles. The number of hydrogen-bond acceptors (Lipinski definition) is 3. The maximum atomic E-state index is 12.6. The van der Waals surface area contributed by atoms with Crippen molar-refractivity contribution >= 4 is 33.7 Å². The first-order valence-electron chi connectivity index (χ1n) is 7.69. The number of allylic oxidation sites excluding steroid dienone is 1. The molecule has 0 spiro atoms. The van der Waals surface area contributed by atoms with Gasteiger partial charge >= 0.3 is 0 Å². The van der Waals surface area contributed by atoms with Crippen molar-refractivity contribution in [3.05, 3.63) is 46.0 Å². The molecular formula is C17H15BrN2O3. The van der Waals surface area contributed by atoms with Gasteiger partial charge in [-0.05, 0) is 49.4 Å². The zero-order chi connectivity index (χ0) is 16.1. The fourth-order valence-electron chi connectivity index (χ4n) is 3.92. The van der Waals surface area contributed by atoms with Crippen molar-refractivity contribution in [3.63, 3.8) is 0 Å². The van der Waals surface area contributed by atoms with Gasteiger partial charge in [-0.3, -0.25) is 19.8 Å². The molecule has 0 radical (unpaired) electrons. The second-order valence-electron chi connectivity index (χ2n) is 6.28. The first kappa shape index (κ1) is 14.6. The van der Waals surface area contributed by atoms with Crippen LogP contribution in [0.3, 0.4) is 0 Å². The number of imide groups is 1. The summed E-state index contributed by atoms with van der Waals surface area (Å²) in [7, 11) is 0. The molecule has 1 N–H and O–H groups in total. The molecule has 6 heteroatoms. The van der Waals surface area contributed by atoms with Gasteiger partial charge in [-0.2, -0.15) is 5.01 Å². The molecular weight excluding hydrogens is 360 g/mol. The Bertz CT molecular complexity index is 741. The van der Waals surface area contributed by atoms with Crippen LogP contribution in [-0.2, 0) is 9.59 Å². The first-order chi connectivity index (χ1) is 11.1. The van der Waals surface area contributed by atoms with Crippen LogP contribution in [0.15, 0.2) is 40.4 Å². The molecule has 4 aliphatic rings. The maximum absolute atomic E-state index is 12.6. The summed E-state index contributed by atoms with van der Waals surface area (Å²) in [5.41, 5.74) is 3.97. The van der Waals surface area contributed by atoms with E-state index >= 15 is 0 Å². The fraction of sp³-hybridized carbons (Fsp3) is 0.353. The average molecular weight is 375 g/mol. The summed E-state index contributed by atoms with van der Waals surface area (Å²) in [6, 6.07) is 6.77. The SMILES string of the molecule is O=C(NN1C(=O)C2C3=CCC(CC3)C2C1=O)c1ccc(Br)cc1. The number of fused-ring (bicyclic) bond motifs is 2. The highest BCUT2D eigenvalue weighted by Crippen LogP contribution is 2.49. The highest BCUT2D eigenvalue weighted by Gasteiger charge is 2.56. The number of amides is 3. The van der Waals surface area contributed by atoms with Crippen LogP contribution in [0, 0.1) is 17.8 Å². The molecule has 118 valence electrons. The Balaban J connectivity index is 1.57. The Labute approximate surface area is 141 Å². The number of benzene rings is 1. The Morgan fingerprint density at radius 3 is 2.52 bits per heavy atom. The molecule has 3 amide bonds. The molecule has 2 bridgehead atoms. The van der Waals surface area contributed by atoms with Gasteiger partial charge in [-0.25, -0.2) is 0 Å². The Morgan fingerprint density at radius 1 is 1.17 bits per heavy atom. The van der Waals surface area contributed by atoms with Crippen LogP contribution < -0.4 is 5.43 Å². The minimum atomic E-state index is -0.445. The highest BCUT2D eigenvalue weighted by molar-refractivity contribution is 9.10. The summed E-state index contributed by atoms with van der Waals surface area (Å²) >= 11 is 3.31. The number of nitrogens with one attached hydrogen (secondary N) is 1. The van der Waals surface area contributed by atoms with Gasteiger partial charge in [0, 0.05) is 10.0 Å². The van der Waals surface area contributed by atoms with Crippen molar-refractivity contribution in [2.24, 2.45) is 17.8 Å². The predicted octanol–water partition coefficient (Wildman–Crippen LogP) is 2.44. The van der Waals surface area contributed by atoms with Gasteiger partial charge < -0.3 is 0 Å². The van der Waals surface area contributed by atoms with E-state index in [-0.39, 0.29) is 29.6 Å². The van der Waals surface area contributed by atoms with E-state index in [1.165, 1.54) is 0 Å². The lowest BCUT2D eigenvalue weighted by molar-refractivity contribution is -0.142. The maximum Gasteiger partial charge on any atom is 0.270 e. The van der Waals surface area contributed by atoms with Gasteiger partial charge in [0.1, 0.15) is 0 Å². The molecule has 3 unspecified atom stereocenters. The van der Waals surface area contributed by atoms with E-state index < -0.39 is 5.91 Å². The molecule has 1 saturated heterocycles. The monoisotopic (exact) mass is 374 g/mol. The number of hydrazine groups is 1. The molecule has 1 saturated carbocycles. The zero-order valence-corrected chi connectivity index (χ0v) is 13.9. The van der Waals surface area contributed by atoms with E-state index in [2.05, 4.69) is 27.4 Å². The molecule has 3 aliphatic carbocycles. The summed E-state index contributed by atoms with van der Waals surface area (Å²) in [6.07, 6.45) is 4.81. The van der Waals surface area contributed by atoms with E-state index in [0.717, 1.165) is 34.3 Å². The second kappa shape index (κ2) is 5.30. The Kier molecular flexibility index (Phi) is 3.37. The molecule has 1 aliphatic heterocycles. The lowest BCUT2D eigenvalue weighted by Crippen LogP contribution is -2.46. The quantitative estimate of drug-likeness (QED) is 0.638. The highest BCUT2D eigenvalue weighted by atomic mass is 79.9. The average Bonchev–Trinajstić information content (AvgIpc) is 2.83. The molecule has 5 rings (SSSR count). The van der Waals surface area contributed by atoms with Gasteiger partial charge in [0.25, 0.3) is 17.7 Å². The molecule has 3 atom stereocenters. The van der Waals surface area contributed by atoms with Crippen molar-refractivity contribution in [2.75, 3.05) is 0 Å². The van der Waals surface area contributed by atoms with E-state index in [4.69, 9.17) is 0 Å². The molecule has 2 fully saturated rings. The van der Waals surface area contributed by atoms with E-state index in [9.17, 15) is 14.4 Å². The summed E-state index contributed by atoms with van der Waals surface area (Å²) in [6.45, 7) is 0. The number of rotatable bonds is 2. The van der Waals surface area contributed by atoms with Gasteiger partial charge in [0.2, 0.25) is 0 Å². The third-order valence-corrected chi connectivity index (χ3v) is 5.59. The predicted molar refractivity (Wildman–Crippen MR) is 85.9 cm³/mol. The van der Waals surface area contributed by atoms with Crippen LogP contribution in [0.25, 0.3) is 0 Å². The van der Waals surface area contributed by atoms with Crippen molar-refractivity contribution in [1.29, 1.82) is 0 Å². The lowest BCUT2D eigenvalue weighted by atomic mass is 9.65. The van der Waals surface area contributed by atoms with Gasteiger partial charge in [0.05, 0.1) is 11.8 Å². The summed E-state index contributed by atoms with van der Waals surface area (Å²) in [4.78, 5) is 37.5. The molecule has 23 heavy (non-hydrogen) atoms. The Morgan fingerprint density at radius 2 is 1.91 bits per heavy atom. The van der Waals surface area contributed by atoms with E-state index in [0.29, 0.717) is 5.56 Å². The molecule has 1 aromatic rings. The zero-order valence-electron chi connectivity index (χ0n) is 12.3. The molecule has 1 heterocycles. The number of halogens is 1. The lowest BCUT2D eigenvalue weighted by Gasteiger charge is -2.36. The molecule has 0 aromatic heterocycles. The van der Waals surface area contributed by atoms with Crippen molar-refractivity contribution in [3.8, 4) is 0 Å². The van der Waals surface area contributed by atoms with E-state index in [1.54, 1.807) is 24.3 Å². The molecule has 5 nitrogen and oxygen atoms in total. The summed E-state index contributed by atoms with van der Waals surface area (Å²) in [5.74, 6) is -1.42. The van der Waals surface area contributed by atoms with Crippen LogP contribution in [0.2, 0.25) is 0 Å². The minimum absolute atomic E-state index is 0.225. The third-order valence-electron chi connectivity index (χ3n) is 5.06. The second-order valence-corrected chi connectivity index (χ2v) is 7.19. The Hall–Kier alpha value is -1.95. The topological polar surface area (TPSA) is 66.5 Å². The van der Waals surface area contributed by atoms with Crippen LogP contribution in [0.4, 0.5) is 0 Å². The number of carbonyl (C=O) groups is 3. The summed E-state index contributed by atoms with van der Waals surface area (Å²) in [5, 5.41) is 0.942. The van der Waals surface area contributed by atoms with Crippen molar-refractivity contribution < 1.29 is 14.4 Å². The van der Waals surface area contributed by atoms with E-state index in [1.807, 2.05) is 0 Å². The standard InChI is InChI=1S/C17H15BrN2O3/c18-12-7-5-11(6-8-12)15(21)19-20-16(22)13-9-1-2-10(4-3-9)14(13)17(20)23/h1,5-8,10,13-14H,2-4H2,(H,19,21). The van der Waals surface area contributed by atoms with Gasteiger partial charge in [-0.1, -0.05) is 27.6 Å². The largest absolute Gasteiger partial charge is 0.272 e. The minimum Gasteiger partial charge on any atom is -0.272 e. The van der Waals surface area contributed by atoms with Crippen molar-refractivity contribution in [2.45, 2.75) is 19.3 Å². The third kappa shape index (κ3) is 2.24. The van der Waals surface area contributed by atoms with Crippen LogP contribution in [-0.4, -0.2) is 22.7 Å². The normalized spacial score (nSPS) is 28.7. The first-order valence-corrected chi connectivity index (χ1v) is 8.49. The van der Waals surface area contributed by atoms with Gasteiger partial charge in [-0.15, -0.1) is 0 Å². The van der Waals surface area contributed by atoms with Crippen LogP contribution in [0.1, 0.15) is 29.6 Å². The van der Waals surface area contributed by atoms with Crippen LogP contribution in [0.5, 0.6) is 0 Å². The summed E-state index contributed by atoms with van der Waals surface area (Å²) < 4.78 is 0.858. The fourth-order valence-corrected chi connectivity index (χ4v) is 4.18. The number of nitrogens with zero attached hydrogens (tertiary/aromatic N) is 1. The van der Waals surface area contributed by atoms with Crippen molar-refractivity contribution in [1.82, 2.24) is 10.4 Å². The number of carbonyl (C=O) groups excluding carboxylic acids is 3. The van der Waals surface area contributed by atoms with Crippen LogP contribution >= 0.6 is 15.9 Å². The number of hydrogen-bond donors (Lipinski definition) is 1.